The van der Waals surface area contributed by atoms with Gasteiger partial charge < -0.3 is 15.8 Å². The van der Waals surface area contributed by atoms with Gasteiger partial charge in [-0.15, -0.1) is 0 Å². The Bertz CT molecular complexity index is 114. The van der Waals surface area contributed by atoms with E-state index in [1.165, 1.54) is 0 Å². The Balaban J connectivity index is 3.24. The van der Waals surface area contributed by atoms with Crippen LogP contribution in [0.15, 0.2) is 4.99 Å². The van der Waals surface area contributed by atoms with Crippen LogP contribution >= 0.6 is 0 Å². The van der Waals surface area contributed by atoms with Gasteiger partial charge in [-0.3, -0.25) is 4.99 Å². The van der Waals surface area contributed by atoms with E-state index in [0.717, 1.165) is 13.2 Å². The first-order valence-corrected chi connectivity index (χ1v) is 3.92. The Morgan fingerprint density at radius 3 is 2.82 bits per heavy atom. The molecule has 0 saturated heterocycles. The highest BCUT2D eigenvalue weighted by molar-refractivity contribution is 5.77. The maximum atomic E-state index is 5.45. The van der Waals surface area contributed by atoms with Crippen LogP contribution in [-0.4, -0.2) is 32.3 Å². The molecule has 0 aliphatic heterocycles. The smallest absolute Gasteiger partial charge is 0.188 e. The van der Waals surface area contributed by atoms with Gasteiger partial charge in [0.1, 0.15) is 0 Å². The quantitative estimate of drug-likeness (QED) is 0.336. The van der Waals surface area contributed by atoms with E-state index in [0.29, 0.717) is 19.1 Å². The van der Waals surface area contributed by atoms with Crippen molar-refractivity contribution < 1.29 is 4.74 Å². The van der Waals surface area contributed by atoms with Crippen molar-refractivity contribution in [3.63, 3.8) is 0 Å². The van der Waals surface area contributed by atoms with Gasteiger partial charge in [0.25, 0.3) is 0 Å². The fourth-order valence-electron chi connectivity index (χ4n) is 0.612. The molecule has 0 radical (unpaired) electrons. The fraction of sp³-hybridized carbons (Fsp3) is 0.857. The molecule has 0 amide bonds. The third-order valence-electron chi connectivity index (χ3n) is 1.08. The van der Waals surface area contributed by atoms with Crippen molar-refractivity contribution in [2.45, 2.75) is 13.8 Å². The number of nitrogens with zero attached hydrogens (tertiary/aromatic N) is 1. The fourth-order valence-corrected chi connectivity index (χ4v) is 0.612. The summed E-state index contributed by atoms with van der Waals surface area (Å²) >= 11 is 0. The molecule has 0 aromatic heterocycles. The van der Waals surface area contributed by atoms with Crippen molar-refractivity contribution >= 4 is 5.96 Å². The van der Waals surface area contributed by atoms with E-state index in [1.807, 2.05) is 13.8 Å². The highest BCUT2D eigenvalue weighted by Crippen LogP contribution is 1.74. The molecule has 11 heavy (non-hydrogen) atoms. The molecule has 66 valence electrons. The van der Waals surface area contributed by atoms with Gasteiger partial charge in [-0.05, 0) is 13.8 Å². The van der Waals surface area contributed by atoms with E-state index in [2.05, 4.69) is 10.3 Å². The van der Waals surface area contributed by atoms with Gasteiger partial charge in [-0.1, -0.05) is 0 Å². The van der Waals surface area contributed by atoms with Crippen LogP contribution in [0.1, 0.15) is 13.8 Å². The second kappa shape index (κ2) is 7.34. The predicted molar refractivity (Wildman–Crippen MR) is 46.7 cm³/mol. The highest BCUT2D eigenvalue weighted by Gasteiger charge is 1.86. The number of nitrogens with two attached hydrogens (primary N) is 1. The maximum Gasteiger partial charge on any atom is 0.188 e. The van der Waals surface area contributed by atoms with Crippen LogP contribution in [0.25, 0.3) is 0 Å². The van der Waals surface area contributed by atoms with Gasteiger partial charge >= 0.3 is 0 Å². The van der Waals surface area contributed by atoms with E-state index in [9.17, 15) is 0 Å². The van der Waals surface area contributed by atoms with E-state index >= 15 is 0 Å². The highest BCUT2D eigenvalue weighted by atomic mass is 16.5. The van der Waals surface area contributed by atoms with Crippen molar-refractivity contribution in [1.29, 1.82) is 0 Å². The van der Waals surface area contributed by atoms with Gasteiger partial charge in [0.05, 0.1) is 13.2 Å². The lowest BCUT2D eigenvalue weighted by Crippen LogP contribution is -2.31. The monoisotopic (exact) mass is 159 g/mol. The number of nitrogens with one attached hydrogen (secondary N) is 1. The minimum atomic E-state index is 0.493. The first kappa shape index (κ1) is 10.2. The number of ether oxygens (including phenoxy) is 1. The minimum absolute atomic E-state index is 0.493. The Morgan fingerprint density at radius 1 is 1.55 bits per heavy atom. The molecule has 3 N–H and O–H groups in total. The van der Waals surface area contributed by atoms with Crippen LogP contribution in [0.5, 0.6) is 0 Å². The number of rotatable bonds is 5. The standard InChI is InChI=1S/C7H17N3O/c1-3-9-7(8)10-5-6-11-4-2/h3-6H2,1-2H3,(H3,8,9,10). The number of guanidine groups is 1. The van der Waals surface area contributed by atoms with Crippen molar-refractivity contribution in [2.75, 3.05) is 26.3 Å². The summed E-state index contributed by atoms with van der Waals surface area (Å²) in [6, 6.07) is 0. The lowest BCUT2D eigenvalue weighted by Gasteiger charge is -2.01. The first-order valence-electron chi connectivity index (χ1n) is 3.92. The van der Waals surface area contributed by atoms with Gasteiger partial charge in [-0.2, -0.15) is 0 Å². The lowest BCUT2D eigenvalue weighted by atomic mass is 10.7. The molecule has 0 bridgehead atoms. The molecule has 0 atom stereocenters. The third-order valence-corrected chi connectivity index (χ3v) is 1.08. The normalized spacial score (nSPS) is 11.6. The number of hydrogen-bond donors (Lipinski definition) is 2. The zero-order valence-electron chi connectivity index (χ0n) is 7.26. The number of hydrogen-bond acceptors (Lipinski definition) is 2. The Labute approximate surface area is 67.8 Å². The molecule has 4 heteroatoms. The summed E-state index contributed by atoms with van der Waals surface area (Å²) in [5.74, 6) is 0.493. The van der Waals surface area contributed by atoms with E-state index in [1.54, 1.807) is 0 Å². The molecule has 0 fully saturated rings. The predicted octanol–water partition coefficient (Wildman–Crippen LogP) is -0.0529. The summed E-state index contributed by atoms with van der Waals surface area (Å²) in [6.07, 6.45) is 0. The molecule has 0 spiro atoms. The SMILES string of the molecule is CCNC(N)=NCCOCC. The minimum Gasteiger partial charge on any atom is -0.380 e. The third kappa shape index (κ3) is 7.12. The van der Waals surface area contributed by atoms with Crippen LogP contribution in [0.2, 0.25) is 0 Å². The second-order valence-corrected chi connectivity index (χ2v) is 1.99. The summed E-state index contributed by atoms with van der Waals surface area (Å²) in [4.78, 5) is 4.01. The lowest BCUT2D eigenvalue weighted by molar-refractivity contribution is 0.155. The van der Waals surface area contributed by atoms with Crippen molar-refractivity contribution in [1.82, 2.24) is 5.32 Å². The molecular weight excluding hydrogens is 142 g/mol. The summed E-state index contributed by atoms with van der Waals surface area (Å²) in [5.41, 5.74) is 5.45. The zero-order valence-corrected chi connectivity index (χ0v) is 7.26. The maximum absolute atomic E-state index is 5.45. The summed E-state index contributed by atoms with van der Waals surface area (Å²) < 4.78 is 5.07. The molecule has 0 aliphatic carbocycles. The summed E-state index contributed by atoms with van der Waals surface area (Å²) in [5, 5.41) is 2.89. The first-order chi connectivity index (χ1) is 5.31. The Kier molecular flexibility index (Phi) is 6.82. The Hall–Kier alpha value is -0.770. The molecule has 0 aliphatic rings. The van der Waals surface area contributed by atoms with E-state index in [-0.39, 0.29) is 0 Å². The zero-order chi connectivity index (χ0) is 8.53. The van der Waals surface area contributed by atoms with Crippen LogP contribution in [0.4, 0.5) is 0 Å². The molecule has 0 aromatic rings. The summed E-state index contributed by atoms with van der Waals surface area (Å²) in [7, 11) is 0. The van der Waals surface area contributed by atoms with Crippen molar-refractivity contribution in [2.24, 2.45) is 10.7 Å². The van der Waals surface area contributed by atoms with Crippen molar-refractivity contribution in [3.05, 3.63) is 0 Å². The van der Waals surface area contributed by atoms with Gasteiger partial charge in [0.2, 0.25) is 0 Å². The van der Waals surface area contributed by atoms with Gasteiger partial charge in [-0.25, -0.2) is 0 Å². The number of aliphatic imine (C=N–C) groups is 1. The molecule has 0 heterocycles. The molecule has 0 unspecified atom stereocenters. The van der Waals surface area contributed by atoms with Crippen LogP contribution < -0.4 is 11.1 Å². The summed E-state index contributed by atoms with van der Waals surface area (Å²) in [6.45, 7) is 6.75. The van der Waals surface area contributed by atoms with E-state index < -0.39 is 0 Å². The molecule has 0 rings (SSSR count). The van der Waals surface area contributed by atoms with E-state index in [4.69, 9.17) is 10.5 Å². The van der Waals surface area contributed by atoms with Crippen LogP contribution in [-0.2, 0) is 4.74 Å². The molecule has 4 nitrogen and oxygen atoms in total. The van der Waals surface area contributed by atoms with Crippen LogP contribution in [0, 0.1) is 0 Å². The topological polar surface area (TPSA) is 59.6 Å². The molecule has 0 aromatic carbocycles. The largest absolute Gasteiger partial charge is 0.380 e. The van der Waals surface area contributed by atoms with Gasteiger partial charge in [0, 0.05) is 13.2 Å². The molecular formula is C7H17N3O. The average Bonchev–Trinajstić information content (AvgIpc) is 1.99. The second-order valence-electron chi connectivity index (χ2n) is 1.99. The van der Waals surface area contributed by atoms with Crippen LogP contribution in [0.3, 0.4) is 0 Å². The average molecular weight is 159 g/mol. The van der Waals surface area contributed by atoms with Crippen molar-refractivity contribution in [3.8, 4) is 0 Å². The Morgan fingerprint density at radius 2 is 2.27 bits per heavy atom. The van der Waals surface area contributed by atoms with Gasteiger partial charge in [0.15, 0.2) is 5.96 Å². The molecule has 0 saturated carbocycles.